The molecule has 0 spiro atoms. The van der Waals surface area contributed by atoms with Crippen molar-refractivity contribution in [1.29, 1.82) is 0 Å². The van der Waals surface area contributed by atoms with Gasteiger partial charge in [-0.25, -0.2) is 22.5 Å². The van der Waals surface area contributed by atoms with E-state index in [2.05, 4.69) is 10.1 Å². The summed E-state index contributed by atoms with van der Waals surface area (Å²) in [4.78, 5) is 4.38. The van der Waals surface area contributed by atoms with Crippen molar-refractivity contribution >= 4 is 9.84 Å². The average molecular weight is 360 g/mol. The molecule has 1 fully saturated rings. The molecule has 4 rings (SSSR count). The van der Waals surface area contributed by atoms with Crippen molar-refractivity contribution < 1.29 is 12.8 Å². The van der Waals surface area contributed by atoms with E-state index in [1.54, 1.807) is 41.6 Å². The van der Waals surface area contributed by atoms with E-state index in [0.717, 1.165) is 5.69 Å². The Morgan fingerprint density at radius 2 is 2.12 bits per heavy atom. The van der Waals surface area contributed by atoms with Gasteiger partial charge < -0.3 is 4.57 Å². The van der Waals surface area contributed by atoms with Gasteiger partial charge in [0.15, 0.2) is 9.84 Å². The van der Waals surface area contributed by atoms with E-state index >= 15 is 0 Å². The SMILES string of the molecule is O=S1(=O)CC[C@@H](Cn2ccnc2-c2cc(F)ccc2-n2cccn2)C1. The van der Waals surface area contributed by atoms with Crippen molar-refractivity contribution in [3.05, 3.63) is 54.9 Å². The quantitative estimate of drug-likeness (QED) is 0.716. The molecule has 3 heterocycles. The molecule has 25 heavy (non-hydrogen) atoms. The van der Waals surface area contributed by atoms with Crippen LogP contribution in [0.3, 0.4) is 0 Å². The molecule has 0 amide bonds. The Hall–Kier alpha value is -2.48. The lowest BCUT2D eigenvalue weighted by molar-refractivity contribution is 0.493. The molecular formula is C17H17FN4O2S. The molecular weight excluding hydrogens is 343 g/mol. The van der Waals surface area contributed by atoms with Crippen molar-refractivity contribution in [2.75, 3.05) is 11.5 Å². The van der Waals surface area contributed by atoms with E-state index in [4.69, 9.17) is 0 Å². The van der Waals surface area contributed by atoms with Gasteiger partial charge in [-0.2, -0.15) is 5.10 Å². The standard InChI is InChI=1S/C17H17FN4O2S/c18-14-2-3-16(22-7-1-5-20-22)15(10-14)17-19-6-8-21(17)11-13-4-9-25(23,24)12-13/h1-3,5-8,10,13H,4,9,11-12H2/t13-/m0/s1. The highest BCUT2D eigenvalue weighted by molar-refractivity contribution is 7.91. The normalized spacial score (nSPS) is 19.3. The molecule has 0 saturated carbocycles. The summed E-state index contributed by atoms with van der Waals surface area (Å²) in [5.41, 5.74) is 1.34. The summed E-state index contributed by atoms with van der Waals surface area (Å²) in [5.74, 6) is 0.734. The van der Waals surface area contributed by atoms with Crippen molar-refractivity contribution in [2.45, 2.75) is 13.0 Å². The largest absolute Gasteiger partial charge is 0.331 e. The molecule has 1 atom stereocenters. The zero-order chi connectivity index (χ0) is 17.4. The molecule has 0 radical (unpaired) electrons. The highest BCUT2D eigenvalue weighted by Crippen LogP contribution is 2.28. The number of halogens is 1. The maximum absolute atomic E-state index is 13.9. The lowest BCUT2D eigenvalue weighted by Crippen LogP contribution is -2.13. The van der Waals surface area contributed by atoms with Crippen LogP contribution >= 0.6 is 0 Å². The van der Waals surface area contributed by atoms with E-state index in [9.17, 15) is 12.8 Å². The fraction of sp³-hybridized carbons (Fsp3) is 0.294. The number of aromatic nitrogens is 4. The van der Waals surface area contributed by atoms with Gasteiger partial charge in [-0.1, -0.05) is 0 Å². The Balaban J connectivity index is 1.72. The third-order valence-corrected chi connectivity index (χ3v) is 6.28. The summed E-state index contributed by atoms with van der Waals surface area (Å²) in [6.07, 6.45) is 7.54. The third kappa shape index (κ3) is 3.21. The summed E-state index contributed by atoms with van der Waals surface area (Å²) in [6.45, 7) is 0.545. The number of imidazole rings is 1. The summed E-state index contributed by atoms with van der Waals surface area (Å²) >= 11 is 0. The molecule has 130 valence electrons. The Bertz CT molecular complexity index is 996. The Labute approximate surface area is 144 Å². The van der Waals surface area contributed by atoms with Crippen LogP contribution in [0.5, 0.6) is 0 Å². The zero-order valence-electron chi connectivity index (χ0n) is 13.4. The van der Waals surface area contributed by atoms with Gasteiger partial charge in [-0.3, -0.25) is 0 Å². The van der Waals surface area contributed by atoms with Gasteiger partial charge in [0.2, 0.25) is 0 Å². The highest BCUT2D eigenvalue weighted by Gasteiger charge is 2.28. The van der Waals surface area contributed by atoms with Gasteiger partial charge in [-0.15, -0.1) is 0 Å². The number of rotatable bonds is 4. The van der Waals surface area contributed by atoms with Crippen LogP contribution in [0, 0.1) is 11.7 Å². The van der Waals surface area contributed by atoms with Gasteiger partial charge in [0.05, 0.1) is 17.2 Å². The maximum Gasteiger partial charge on any atom is 0.150 e. The van der Waals surface area contributed by atoms with Gasteiger partial charge in [-0.05, 0) is 36.6 Å². The zero-order valence-corrected chi connectivity index (χ0v) is 14.2. The van der Waals surface area contributed by atoms with E-state index < -0.39 is 9.84 Å². The van der Waals surface area contributed by atoms with Crippen LogP contribution < -0.4 is 0 Å². The molecule has 6 nitrogen and oxygen atoms in total. The molecule has 0 unspecified atom stereocenters. The van der Waals surface area contributed by atoms with Crippen molar-refractivity contribution in [1.82, 2.24) is 19.3 Å². The van der Waals surface area contributed by atoms with Crippen LogP contribution in [0.1, 0.15) is 6.42 Å². The van der Waals surface area contributed by atoms with Gasteiger partial charge in [0, 0.05) is 36.9 Å². The van der Waals surface area contributed by atoms with Gasteiger partial charge >= 0.3 is 0 Å². The number of benzene rings is 1. The van der Waals surface area contributed by atoms with Gasteiger partial charge in [0.1, 0.15) is 11.6 Å². The number of hydrogen-bond acceptors (Lipinski definition) is 4. The van der Waals surface area contributed by atoms with E-state index in [1.165, 1.54) is 12.1 Å². The van der Waals surface area contributed by atoms with Crippen molar-refractivity contribution in [3.8, 4) is 17.1 Å². The predicted octanol–water partition coefficient (Wildman–Crippen LogP) is 2.31. The summed E-state index contributed by atoms with van der Waals surface area (Å²) in [7, 11) is -2.93. The molecule has 2 aromatic heterocycles. The monoisotopic (exact) mass is 360 g/mol. The molecule has 0 aliphatic carbocycles. The second-order valence-electron chi connectivity index (χ2n) is 6.28. The van der Waals surface area contributed by atoms with Crippen LogP contribution in [0.25, 0.3) is 17.1 Å². The first-order valence-electron chi connectivity index (χ1n) is 8.03. The minimum atomic E-state index is -2.93. The Morgan fingerprint density at radius 1 is 1.24 bits per heavy atom. The second-order valence-corrected chi connectivity index (χ2v) is 8.51. The summed E-state index contributed by atoms with van der Waals surface area (Å²) < 4.78 is 40.8. The molecule has 1 aliphatic heterocycles. The van der Waals surface area contributed by atoms with Crippen LogP contribution in [0.2, 0.25) is 0 Å². The second kappa shape index (κ2) is 6.11. The molecule has 1 aliphatic rings. The first kappa shape index (κ1) is 16.0. The summed E-state index contributed by atoms with van der Waals surface area (Å²) in [5, 5.41) is 4.22. The predicted molar refractivity (Wildman–Crippen MR) is 91.5 cm³/mol. The van der Waals surface area contributed by atoms with Crippen LogP contribution in [0.15, 0.2) is 49.1 Å². The lowest BCUT2D eigenvalue weighted by atomic mass is 10.1. The van der Waals surface area contributed by atoms with Crippen LogP contribution in [-0.4, -0.2) is 39.3 Å². The Kier molecular flexibility index (Phi) is 3.91. The molecule has 3 aromatic rings. The first-order valence-corrected chi connectivity index (χ1v) is 9.85. The minimum Gasteiger partial charge on any atom is -0.331 e. The molecule has 1 saturated heterocycles. The number of hydrogen-bond donors (Lipinski definition) is 0. The smallest absolute Gasteiger partial charge is 0.150 e. The van der Waals surface area contributed by atoms with Crippen LogP contribution in [0.4, 0.5) is 4.39 Å². The minimum absolute atomic E-state index is 0.0552. The molecule has 1 aromatic carbocycles. The average Bonchev–Trinajstić information content (AvgIpc) is 3.29. The fourth-order valence-corrected chi connectivity index (χ4v) is 5.14. The number of sulfone groups is 1. The molecule has 0 bridgehead atoms. The third-order valence-electron chi connectivity index (χ3n) is 4.45. The summed E-state index contributed by atoms with van der Waals surface area (Å²) in [6, 6.07) is 6.28. The Morgan fingerprint density at radius 3 is 2.84 bits per heavy atom. The van der Waals surface area contributed by atoms with Crippen LogP contribution in [-0.2, 0) is 16.4 Å². The molecule has 8 heteroatoms. The molecule has 0 N–H and O–H groups in total. The first-order chi connectivity index (χ1) is 12.0. The van der Waals surface area contributed by atoms with Crippen molar-refractivity contribution in [2.24, 2.45) is 5.92 Å². The van der Waals surface area contributed by atoms with Gasteiger partial charge in [0.25, 0.3) is 0 Å². The van der Waals surface area contributed by atoms with Crippen molar-refractivity contribution in [3.63, 3.8) is 0 Å². The highest BCUT2D eigenvalue weighted by atomic mass is 32.2. The number of nitrogens with zero attached hydrogens (tertiary/aromatic N) is 4. The van der Waals surface area contributed by atoms with E-state index in [-0.39, 0.29) is 23.2 Å². The van der Waals surface area contributed by atoms with E-state index in [0.29, 0.717) is 24.4 Å². The topological polar surface area (TPSA) is 69.8 Å². The fourth-order valence-electron chi connectivity index (χ4n) is 3.29. The van der Waals surface area contributed by atoms with E-state index in [1.807, 2.05) is 4.57 Å². The lowest BCUT2D eigenvalue weighted by Gasteiger charge is -2.14. The maximum atomic E-state index is 13.9.